The van der Waals surface area contributed by atoms with Crippen molar-refractivity contribution in [3.63, 3.8) is 0 Å². The molecule has 0 aromatic carbocycles. The van der Waals surface area contributed by atoms with Crippen LogP contribution in [0.2, 0.25) is 0 Å². The monoisotopic (exact) mass is 230 g/mol. The van der Waals surface area contributed by atoms with Gasteiger partial charge in [-0.05, 0) is 48.3 Å². The van der Waals surface area contributed by atoms with Crippen LogP contribution < -0.4 is 0 Å². The molecule has 0 radical (unpaired) electrons. The summed E-state index contributed by atoms with van der Waals surface area (Å²) in [7, 11) is 0. The Morgan fingerprint density at radius 3 is 2.19 bits per heavy atom. The molecule has 0 amide bonds. The van der Waals surface area contributed by atoms with Gasteiger partial charge in [0.25, 0.3) is 0 Å². The molecule has 0 aromatic rings. The Morgan fingerprint density at radius 1 is 0.875 bits per heavy atom. The van der Waals surface area contributed by atoms with Gasteiger partial charge in [-0.3, -0.25) is 0 Å². The van der Waals surface area contributed by atoms with Gasteiger partial charge in [-0.25, -0.2) is 0 Å². The Balaban J connectivity index is 1.75. The first kappa shape index (κ1) is 8.78. The molecule has 16 heavy (non-hydrogen) atoms. The number of halogens is 3. The zero-order chi connectivity index (χ0) is 11.0. The number of fused-ring (bicyclic) bond motifs is 2. The summed E-state index contributed by atoms with van der Waals surface area (Å²) >= 11 is 0. The van der Waals surface area contributed by atoms with Crippen LogP contribution in [0.15, 0.2) is 0 Å². The first-order chi connectivity index (χ1) is 7.46. The zero-order valence-corrected chi connectivity index (χ0v) is 8.61. The molecule has 0 aliphatic heterocycles. The first-order valence-corrected chi connectivity index (χ1v) is 6.25. The normalized spacial score (nSPS) is 72.8. The zero-order valence-electron chi connectivity index (χ0n) is 8.61. The van der Waals surface area contributed by atoms with Gasteiger partial charge in [0, 0.05) is 11.8 Å². The molecular weight excluding hydrogens is 217 g/mol. The van der Waals surface area contributed by atoms with Crippen LogP contribution in [0.4, 0.5) is 13.2 Å². The minimum Gasteiger partial charge on any atom is -0.380 e. The maximum Gasteiger partial charge on any atom is 0.417 e. The quantitative estimate of drug-likeness (QED) is 0.675. The van der Waals surface area contributed by atoms with Gasteiger partial charge in [0.05, 0.1) is 0 Å². The third-order valence-corrected chi connectivity index (χ3v) is 6.84. The molecule has 88 valence electrons. The second-order valence-electron chi connectivity index (χ2n) is 6.66. The van der Waals surface area contributed by atoms with Gasteiger partial charge < -0.3 is 5.11 Å². The molecule has 5 fully saturated rings. The van der Waals surface area contributed by atoms with Crippen LogP contribution in [0.3, 0.4) is 0 Å². The Labute approximate surface area is 91.0 Å². The van der Waals surface area contributed by atoms with Gasteiger partial charge in [0.2, 0.25) is 0 Å². The Hall–Kier alpha value is -0.250. The fourth-order valence-electron chi connectivity index (χ4n) is 6.93. The van der Waals surface area contributed by atoms with Crippen molar-refractivity contribution in [3.8, 4) is 0 Å². The van der Waals surface area contributed by atoms with E-state index in [0.29, 0.717) is 11.8 Å². The van der Waals surface area contributed by atoms with E-state index in [1.807, 2.05) is 0 Å². The average Bonchev–Trinajstić information content (AvgIpc) is 2.61. The van der Waals surface area contributed by atoms with Crippen LogP contribution in [0.5, 0.6) is 0 Å². The van der Waals surface area contributed by atoms with E-state index < -0.39 is 23.6 Å². The largest absolute Gasteiger partial charge is 0.417 e. The molecule has 5 rings (SSSR count). The number of hydrogen-bond acceptors (Lipinski definition) is 1. The lowest BCUT2D eigenvalue weighted by molar-refractivity contribution is -0.314. The molecule has 5 aliphatic carbocycles. The van der Waals surface area contributed by atoms with Crippen molar-refractivity contribution in [1.82, 2.24) is 0 Å². The van der Waals surface area contributed by atoms with Crippen LogP contribution >= 0.6 is 0 Å². The van der Waals surface area contributed by atoms with Crippen LogP contribution in [0.25, 0.3) is 0 Å². The molecule has 0 heterocycles. The van der Waals surface area contributed by atoms with Crippen LogP contribution in [0.1, 0.15) is 12.8 Å². The number of aliphatic hydroxyl groups is 1. The first-order valence-electron chi connectivity index (χ1n) is 6.25. The van der Waals surface area contributed by atoms with Crippen LogP contribution in [-0.2, 0) is 0 Å². The predicted molar refractivity (Wildman–Crippen MR) is 48.2 cm³/mol. The molecule has 0 aromatic heterocycles. The van der Waals surface area contributed by atoms with Gasteiger partial charge >= 0.3 is 6.18 Å². The van der Waals surface area contributed by atoms with Crippen molar-refractivity contribution in [2.75, 3.05) is 0 Å². The van der Waals surface area contributed by atoms with Crippen LogP contribution in [0, 0.1) is 47.3 Å². The van der Waals surface area contributed by atoms with E-state index in [4.69, 9.17) is 0 Å². The fraction of sp³-hybridized carbons (Fsp3) is 1.00. The maximum atomic E-state index is 13.2. The van der Waals surface area contributed by atoms with Gasteiger partial charge in [-0.15, -0.1) is 0 Å². The molecule has 0 spiro atoms. The molecule has 0 saturated heterocycles. The second-order valence-corrected chi connectivity index (χ2v) is 6.66. The van der Waals surface area contributed by atoms with Gasteiger partial charge in [0.15, 0.2) is 5.60 Å². The third-order valence-electron chi connectivity index (χ3n) is 6.84. The standard InChI is InChI=1S/C12H13F3O/c13-12(14,15)11(16)9-4-2-5-7-3(4)1-6(9)8(7)10(5)11/h3-10,16H,1-2H2/t3-,4-,5+,6-,7-,8-,9-,10+,11-/m1/s1. The summed E-state index contributed by atoms with van der Waals surface area (Å²) in [6.07, 6.45) is -2.44. The smallest absolute Gasteiger partial charge is 0.380 e. The molecule has 2 bridgehead atoms. The highest BCUT2D eigenvalue weighted by Crippen LogP contribution is 2.86. The van der Waals surface area contributed by atoms with Crippen molar-refractivity contribution in [2.24, 2.45) is 47.3 Å². The highest BCUT2D eigenvalue weighted by Gasteiger charge is 2.89. The van der Waals surface area contributed by atoms with Crippen molar-refractivity contribution in [3.05, 3.63) is 0 Å². The van der Waals surface area contributed by atoms with Crippen molar-refractivity contribution >= 4 is 0 Å². The highest BCUT2D eigenvalue weighted by atomic mass is 19.4. The maximum absolute atomic E-state index is 13.2. The molecule has 0 unspecified atom stereocenters. The molecular formula is C12H13F3O. The Bertz CT molecular complexity index is 400. The lowest BCUT2D eigenvalue weighted by atomic mass is 9.56. The van der Waals surface area contributed by atoms with E-state index >= 15 is 0 Å². The average molecular weight is 230 g/mol. The van der Waals surface area contributed by atoms with Gasteiger partial charge in [0.1, 0.15) is 0 Å². The summed E-state index contributed by atoms with van der Waals surface area (Å²) in [5, 5.41) is 10.3. The van der Waals surface area contributed by atoms with Gasteiger partial charge in [-0.1, -0.05) is 0 Å². The van der Waals surface area contributed by atoms with Crippen molar-refractivity contribution in [2.45, 2.75) is 24.6 Å². The molecule has 1 N–H and O–H groups in total. The third kappa shape index (κ3) is 0.533. The lowest BCUT2D eigenvalue weighted by Gasteiger charge is -2.51. The Morgan fingerprint density at radius 2 is 1.50 bits per heavy atom. The summed E-state index contributed by atoms with van der Waals surface area (Å²) in [6.45, 7) is 0. The molecule has 4 heteroatoms. The fourth-order valence-corrected chi connectivity index (χ4v) is 6.93. The van der Waals surface area contributed by atoms with E-state index in [-0.39, 0.29) is 23.7 Å². The van der Waals surface area contributed by atoms with E-state index in [1.165, 1.54) is 0 Å². The van der Waals surface area contributed by atoms with Gasteiger partial charge in [-0.2, -0.15) is 13.2 Å². The summed E-state index contributed by atoms with van der Waals surface area (Å²) in [4.78, 5) is 0. The summed E-state index contributed by atoms with van der Waals surface area (Å²) in [6, 6.07) is 0. The van der Waals surface area contributed by atoms with E-state index in [0.717, 1.165) is 12.8 Å². The predicted octanol–water partition coefficient (Wildman–Crippen LogP) is 2.06. The number of alkyl halides is 3. The summed E-state index contributed by atoms with van der Waals surface area (Å²) < 4.78 is 39.6. The van der Waals surface area contributed by atoms with Crippen LogP contribution in [-0.4, -0.2) is 16.9 Å². The molecule has 1 nitrogen and oxygen atoms in total. The molecule has 5 aliphatic rings. The van der Waals surface area contributed by atoms with E-state index in [1.54, 1.807) is 0 Å². The summed E-state index contributed by atoms with van der Waals surface area (Å²) in [5.74, 6) is 1.06. The van der Waals surface area contributed by atoms with E-state index in [2.05, 4.69) is 0 Å². The topological polar surface area (TPSA) is 20.2 Å². The minimum absolute atomic E-state index is 0.196. The molecule has 9 atom stereocenters. The Kier molecular flexibility index (Phi) is 1.07. The molecule has 5 saturated carbocycles. The SMILES string of the molecule is O[C@]1(C(F)(F)F)[C@@H]2[C@@H]3C[C@H]4[C@H]5[C@@H]3C[C@@H]2[C@H]5[C@H]41. The van der Waals surface area contributed by atoms with Crippen molar-refractivity contribution < 1.29 is 18.3 Å². The van der Waals surface area contributed by atoms with E-state index in [9.17, 15) is 18.3 Å². The highest BCUT2D eigenvalue weighted by molar-refractivity contribution is 5.33. The number of hydrogen-bond donors (Lipinski definition) is 1. The van der Waals surface area contributed by atoms with Crippen molar-refractivity contribution in [1.29, 1.82) is 0 Å². The second kappa shape index (κ2) is 1.96. The number of rotatable bonds is 0. The minimum atomic E-state index is -4.41. The lowest BCUT2D eigenvalue weighted by Crippen LogP contribution is -2.61. The summed E-state index contributed by atoms with van der Waals surface area (Å²) in [5.41, 5.74) is -2.31.